The van der Waals surface area contributed by atoms with Crippen molar-refractivity contribution in [2.24, 2.45) is 0 Å². The van der Waals surface area contributed by atoms with Gasteiger partial charge in [-0.25, -0.2) is 4.79 Å². The lowest BCUT2D eigenvalue weighted by Crippen LogP contribution is -2.29. The van der Waals surface area contributed by atoms with Gasteiger partial charge in [-0.2, -0.15) is 0 Å². The summed E-state index contributed by atoms with van der Waals surface area (Å²) in [5.74, 6) is -0.0215. The summed E-state index contributed by atoms with van der Waals surface area (Å²) in [5.41, 5.74) is 8.36. The van der Waals surface area contributed by atoms with Gasteiger partial charge in [0.15, 0.2) is 0 Å². The van der Waals surface area contributed by atoms with E-state index in [4.69, 9.17) is 43.0 Å². The van der Waals surface area contributed by atoms with E-state index in [1.165, 1.54) is 5.56 Å². The Hall–Kier alpha value is -2.92. The fourth-order valence-electron chi connectivity index (χ4n) is 7.00. The normalized spacial score (nSPS) is 14.5. The van der Waals surface area contributed by atoms with Crippen molar-refractivity contribution >= 4 is 44.5 Å². The molecule has 56 heavy (non-hydrogen) atoms. The lowest BCUT2D eigenvalue weighted by atomic mass is 9.67. The Morgan fingerprint density at radius 2 is 1.29 bits per heavy atom. The number of methoxy groups -OCH3 is 1. The second kappa shape index (κ2) is 22.9. The number of fused-ring (bicyclic) bond motifs is 3. The first-order valence-corrected chi connectivity index (χ1v) is 20.9. The van der Waals surface area contributed by atoms with E-state index in [0.29, 0.717) is 84.0 Å². The van der Waals surface area contributed by atoms with Crippen molar-refractivity contribution in [3.63, 3.8) is 0 Å². The van der Waals surface area contributed by atoms with Crippen LogP contribution in [0.2, 0.25) is 0 Å². The summed E-state index contributed by atoms with van der Waals surface area (Å²) >= 11 is 6.17. The van der Waals surface area contributed by atoms with Gasteiger partial charge in [-0.05, 0) is 117 Å². The number of carbonyl (C=O) groups excluding carboxylic acids is 1. The van der Waals surface area contributed by atoms with Crippen LogP contribution in [0.4, 0.5) is 0 Å². The number of aryl methyl sites for hydroxylation is 1. The zero-order valence-corrected chi connectivity index (χ0v) is 36.2. The molecule has 12 heteroatoms. The number of hydrogen-bond donors (Lipinski definition) is 1. The minimum absolute atomic E-state index is 0.00121. The van der Waals surface area contributed by atoms with Crippen LogP contribution in [-0.2, 0) is 51.6 Å². The number of halogens is 2. The monoisotopic (exact) mass is 946 g/mol. The zero-order chi connectivity index (χ0) is 39.8. The minimum atomic E-state index is -0.781. The summed E-state index contributed by atoms with van der Waals surface area (Å²) < 4.78 is 47.0. The van der Waals surface area contributed by atoms with E-state index in [9.17, 15) is 4.79 Å². The molecule has 0 saturated heterocycles. The molecule has 0 spiro atoms. The molecule has 1 aliphatic rings. The van der Waals surface area contributed by atoms with Crippen molar-refractivity contribution in [1.29, 1.82) is 0 Å². The predicted octanol–water partition coefficient (Wildman–Crippen LogP) is 7.76. The summed E-state index contributed by atoms with van der Waals surface area (Å²) in [4.78, 5) is 13.7. The number of rotatable bonds is 25. The fourth-order valence-corrected chi connectivity index (χ4v) is 7.86. The Bertz CT molecular complexity index is 1820. The van der Waals surface area contributed by atoms with Crippen molar-refractivity contribution in [2.45, 2.75) is 32.3 Å². The van der Waals surface area contributed by atoms with Crippen LogP contribution in [0.15, 0.2) is 77.3 Å². The molecular weight excluding hydrogens is 895 g/mol. The van der Waals surface area contributed by atoms with Gasteiger partial charge in [0.1, 0.15) is 17.9 Å². The molecule has 1 unspecified atom stereocenters. The number of aliphatic hydroxyl groups excluding tert-OH is 1. The summed E-state index contributed by atoms with van der Waals surface area (Å²) in [6.45, 7) is 9.22. The third-order valence-corrected chi connectivity index (χ3v) is 10.7. The molecule has 4 aromatic carbocycles. The van der Waals surface area contributed by atoms with E-state index >= 15 is 0 Å². The lowest BCUT2D eigenvalue weighted by Gasteiger charge is -2.35. The molecule has 0 aliphatic heterocycles. The molecule has 0 heterocycles. The van der Waals surface area contributed by atoms with E-state index in [-0.39, 0.29) is 19.8 Å². The van der Waals surface area contributed by atoms with Gasteiger partial charge in [0.25, 0.3) is 0 Å². The number of carbonyl (C=O) groups is 1. The third kappa shape index (κ3) is 11.0. The van der Waals surface area contributed by atoms with Crippen LogP contribution >= 0.6 is 38.5 Å². The molecule has 1 atom stereocenters. The topological polar surface area (TPSA) is 111 Å². The first-order chi connectivity index (χ1) is 27.4. The maximum Gasteiger partial charge on any atom is 0.341 e. The van der Waals surface area contributed by atoms with Gasteiger partial charge >= 0.3 is 5.97 Å². The lowest BCUT2D eigenvalue weighted by molar-refractivity contribution is 0.00442. The molecule has 4 aromatic rings. The van der Waals surface area contributed by atoms with Crippen molar-refractivity contribution in [2.75, 3.05) is 93.0 Å². The highest BCUT2D eigenvalue weighted by Crippen LogP contribution is 2.57. The molecule has 0 radical (unpaired) electrons. The largest absolute Gasteiger partial charge is 0.490 e. The fraction of sp³-hybridized carbons (Fsp3) is 0.432. The standard InChI is InChI=1S/C44H52BrIO10/c1-4-31-26-33(7-6-32(31)30-54-23-22-52-19-18-50-15-14-47)44(40-28-35(45)9-11-37(40)38-12-10-36(46)29-41(38)44)34-8-13-42(39(27-34)43(48)55-5-2)56-25-24-53-21-20-51-17-16-49-3/h6-13,26-29,47H,4-5,14-25,30H2,1-3H3. The number of hydrogen-bond acceptors (Lipinski definition) is 10. The molecule has 5 rings (SSSR count). The Labute approximate surface area is 352 Å². The quantitative estimate of drug-likeness (QED) is 0.0355. The van der Waals surface area contributed by atoms with Crippen LogP contribution in [0.5, 0.6) is 5.75 Å². The maximum atomic E-state index is 13.7. The Morgan fingerprint density at radius 1 is 0.679 bits per heavy atom. The molecule has 0 saturated carbocycles. The average molecular weight is 948 g/mol. The number of aliphatic hydroxyl groups is 1. The van der Waals surface area contributed by atoms with Crippen LogP contribution in [0.3, 0.4) is 0 Å². The summed E-state index contributed by atoms with van der Waals surface area (Å²) in [5, 5.41) is 8.86. The molecule has 1 aliphatic carbocycles. The Kier molecular flexibility index (Phi) is 18.0. The van der Waals surface area contributed by atoms with Crippen molar-refractivity contribution < 1.29 is 47.8 Å². The molecular formula is C44H52BrIO10. The second-order valence-corrected chi connectivity index (χ2v) is 15.1. The molecule has 0 bridgehead atoms. The van der Waals surface area contributed by atoms with Crippen LogP contribution in [0, 0.1) is 3.57 Å². The predicted molar refractivity (Wildman–Crippen MR) is 227 cm³/mol. The SMILES string of the molecule is CCOC(=O)c1cc(C2(c3ccc(COCCOCCOCCO)c(CC)c3)c3cc(Br)ccc3-c3ccc(I)cc32)ccc1OCCOCCOCCOC. The molecule has 10 nitrogen and oxygen atoms in total. The van der Waals surface area contributed by atoms with Gasteiger partial charge in [0.05, 0.1) is 91.3 Å². The zero-order valence-electron chi connectivity index (χ0n) is 32.4. The van der Waals surface area contributed by atoms with Gasteiger partial charge < -0.3 is 43.0 Å². The van der Waals surface area contributed by atoms with Gasteiger partial charge in [0.2, 0.25) is 0 Å². The second-order valence-electron chi connectivity index (χ2n) is 13.0. The molecule has 302 valence electrons. The molecule has 0 amide bonds. The van der Waals surface area contributed by atoms with E-state index in [1.54, 1.807) is 14.0 Å². The van der Waals surface area contributed by atoms with Crippen LogP contribution in [-0.4, -0.2) is 104 Å². The van der Waals surface area contributed by atoms with Crippen molar-refractivity contribution in [1.82, 2.24) is 0 Å². The third-order valence-electron chi connectivity index (χ3n) is 9.52. The van der Waals surface area contributed by atoms with Gasteiger partial charge in [-0.3, -0.25) is 0 Å². The van der Waals surface area contributed by atoms with Crippen molar-refractivity contribution in [3.8, 4) is 16.9 Å². The minimum Gasteiger partial charge on any atom is -0.490 e. The number of ether oxygens (including phenoxy) is 8. The summed E-state index contributed by atoms with van der Waals surface area (Å²) in [6, 6.07) is 25.6. The first-order valence-electron chi connectivity index (χ1n) is 19.0. The molecule has 1 N–H and O–H groups in total. The van der Waals surface area contributed by atoms with Gasteiger partial charge in [0, 0.05) is 15.2 Å². The molecule has 0 aromatic heterocycles. The van der Waals surface area contributed by atoms with Crippen LogP contribution < -0.4 is 4.74 Å². The highest BCUT2D eigenvalue weighted by Gasteiger charge is 2.47. The van der Waals surface area contributed by atoms with E-state index in [1.807, 2.05) is 12.1 Å². The summed E-state index contributed by atoms with van der Waals surface area (Å²) in [7, 11) is 1.64. The summed E-state index contributed by atoms with van der Waals surface area (Å²) in [6.07, 6.45) is 0.800. The Balaban J connectivity index is 1.50. The number of benzene rings is 4. The maximum absolute atomic E-state index is 13.7. The molecule has 0 fully saturated rings. The van der Waals surface area contributed by atoms with E-state index in [2.05, 4.69) is 106 Å². The van der Waals surface area contributed by atoms with E-state index < -0.39 is 11.4 Å². The van der Waals surface area contributed by atoms with Gasteiger partial charge in [-0.15, -0.1) is 0 Å². The van der Waals surface area contributed by atoms with Crippen LogP contribution in [0.25, 0.3) is 11.1 Å². The number of esters is 1. The van der Waals surface area contributed by atoms with Gasteiger partial charge in [-0.1, -0.05) is 59.3 Å². The van der Waals surface area contributed by atoms with E-state index in [0.717, 1.165) is 53.4 Å². The highest BCUT2D eigenvalue weighted by atomic mass is 127. The Morgan fingerprint density at radius 3 is 1.96 bits per heavy atom. The van der Waals surface area contributed by atoms with Crippen LogP contribution in [0.1, 0.15) is 57.6 Å². The smallest absolute Gasteiger partial charge is 0.341 e. The average Bonchev–Trinajstić information content (AvgIpc) is 3.48. The highest BCUT2D eigenvalue weighted by molar-refractivity contribution is 14.1. The first kappa shape index (κ1) is 44.2. The van der Waals surface area contributed by atoms with Crippen molar-refractivity contribution in [3.05, 3.63) is 120 Å².